The first-order valence-corrected chi connectivity index (χ1v) is 8.45. The summed E-state index contributed by atoms with van der Waals surface area (Å²) in [6, 6.07) is 11.7. The van der Waals surface area contributed by atoms with Crippen LogP contribution in [-0.4, -0.2) is 46.8 Å². The van der Waals surface area contributed by atoms with Crippen LogP contribution < -0.4 is 0 Å². The minimum Gasteiger partial charge on any atom is -0.337 e. The number of hydrogen-bond acceptors (Lipinski definition) is 2. The lowest BCUT2D eigenvalue weighted by Gasteiger charge is -2.30. The first-order chi connectivity index (χ1) is 10.3. The molecule has 114 valence electrons. The first kappa shape index (κ1) is 14.9. The summed E-state index contributed by atoms with van der Waals surface area (Å²) < 4.78 is 0. The van der Waals surface area contributed by atoms with E-state index in [-0.39, 0.29) is 11.8 Å². The van der Waals surface area contributed by atoms with Crippen LogP contribution in [0.3, 0.4) is 0 Å². The number of nitrogens with zero attached hydrogens (tertiary/aromatic N) is 2. The molecule has 2 fully saturated rings. The summed E-state index contributed by atoms with van der Waals surface area (Å²) in [6.07, 6.45) is 4.81. The van der Waals surface area contributed by atoms with E-state index in [2.05, 4.69) is 35.2 Å². The molecule has 0 N–H and O–H groups in total. The molecule has 0 unspecified atom stereocenters. The standard InChI is InChI=1S/C17H23ClN2O/c18-11-17(21)20-10-4-7-16(20)13-19(15-8-9-15)12-14-5-2-1-3-6-14/h1-3,5-6,15-16H,4,7-13H2/t16-/m0/s1. The zero-order valence-corrected chi connectivity index (χ0v) is 13.1. The molecule has 21 heavy (non-hydrogen) atoms. The van der Waals surface area contributed by atoms with Crippen molar-refractivity contribution in [2.45, 2.75) is 44.3 Å². The van der Waals surface area contributed by atoms with Gasteiger partial charge in [-0.15, -0.1) is 11.6 Å². The topological polar surface area (TPSA) is 23.6 Å². The molecule has 1 heterocycles. The maximum Gasteiger partial charge on any atom is 0.237 e. The average molecular weight is 307 g/mol. The highest BCUT2D eigenvalue weighted by Crippen LogP contribution is 2.30. The van der Waals surface area contributed by atoms with Crippen molar-refractivity contribution in [2.75, 3.05) is 19.0 Å². The Bertz CT molecular complexity index is 475. The van der Waals surface area contributed by atoms with E-state index < -0.39 is 0 Å². The molecule has 0 bridgehead atoms. The monoisotopic (exact) mass is 306 g/mol. The number of benzene rings is 1. The van der Waals surface area contributed by atoms with E-state index in [4.69, 9.17) is 11.6 Å². The summed E-state index contributed by atoms with van der Waals surface area (Å²) in [5.74, 6) is 0.202. The lowest BCUT2D eigenvalue weighted by atomic mass is 10.1. The number of rotatable bonds is 6. The Balaban J connectivity index is 1.64. The fraction of sp³-hybridized carbons (Fsp3) is 0.588. The molecule has 1 saturated carbocycles. The molecule has 1 amide bonds. The Morgan fingerprint density at radius 3 is 2.67 bits per heavy atom. The Kier molecular flexibility index (Phi) is 4.81. The quantitative estimate of drug-likeness (QED) is 0.755. The second kappa shape index (κ2) is 6.80. The normalized spacial score (nSPS) is 22.0. The summed E-state index contributed by atoms with van der Waals surface area (Å²) in [6.45, 7) is 2.85. The van der Waals surface area contributed by atoms with E-state index in [1.165, 1.54) is 18.4 Å². The summed E-state index contributed by atoms with van der Waals surface area (Å²) >= 11 is 5.73. The number of amides is 1. The van der Waals surface area contributed by atoms with Crippen LogP contribution in [0.15, 0.2) is 30.3 Å². The van der Waals surface area contributed by atoms with Gasteiger partial charge in [0.1, 0.15) is 5.88 Å². The summed E-state index contributed by atoms with van der Waals surface area (Å²) in [5, 5.41) is 0. The maximum atomic E-state index is 11.9. The highest BCUT2D eigenvalue weighted by molar-refractivity contribution is 6.27. The van der Waals surface area contributed by atoms with Gasteiger partial charge >= 0.3 is 0 Å². The predicted molar refractivity (Wildman–Crippen MR) is 85.3 cm³/mol. The van der Waals surface area contributed by atoms with Gasteiger partial charge in [0.05, 0.1) is 0 Å². The van der Waals surface area contributed by atoms with Crippen molar-refractivity contribution in [3.05, 3.63) is 35.9 Å². The molecule has 1 atom stereocenters. The van der Waals surface area contributed by atoms with Gasteiger partial charge in [-0.2, -0.15) is 0 Å². The molecule has 1 aliphatic heterocycles. The van der Waals surface area contributed by atoms with Crippen molar-refractivity contribution in [3.8, 4) is 0 Å². The molecule has 0 spiro atoms. The maximum absolute atomic E-state index is 11.9. The highest BCUT2D eigenvalue weighted by atomic mass is 35.5. The Morgan fingerprint density at radius 1 is 1.24 bits per heavy atom. The summed E-state index contributed by atoms with van der Waals surface area (Å²) in [4.78, 5) is 16.5. The molecule has 1 aliphatic carbocycles. The van der Waals surface area contributed by atoms with E-state index >= 15 is 0 Å². The van der Waals surface area contributed by atoms with Gasteiger partial charge in [0.2, 0.25) is 5.91 Å². The average Bonchev–Trinajstić information content (AvgIpc) is 3.27. The van der Waals surface area contributed by atoms with E-state index in [1.807, 2.05) is 4.90 Å². The highest BCUT2D eigenvalue weighted by Gasteiger charge is 2.35. The van der Waals surface area contributed by atoms with Gasteiger partial charge in [0.25, 0.3) is 0 Å². The van der Waals surface area contributed by atoms with E-state index in [1.54, 1.807) is 0 Å². The van der Waals surface area contributed by atoms with Crippen molar-refractivity contribution in [2.24, 2.45) is 0 Å². The van der Waals surface area contributed by atoms with Gasteiger partial charge in [-0.05, 0) is 31.2 Å². The van der Waals surface area contributed by atoms with Crippen LogP contribution in [0.2, 0.25) is 0 Å². The number of carbonyl (C=O) groups excluding carboxylic acids is 1. The molecule has 3 rings (SSSR count). The van der Waals surface area contributed by atoms with Crippen LogP contribution in [-0.2, 0) is 11.3 Å². The third kappa shape index (κ3) is 3.78. The first-order valence-electron chi connectivity index (χ1n) is 7.91. The van der Waals surface area contributed by atoms with E-state index in [9.17, 15) is 4.79 Å². The van der Waals surface area contributed by atoms with Gasteiger partial charge in [0.15, 0.2) is 0 Å². The predicted octanol–water partition coefficient (Wildman–Crippen LogP) is 2.88. The van der Waals surface area contributed by atoms with Crippen molar-refractivity contribution < 1.29 is 4.79 Å². The molecule has 1 saturated heterocycles. The van der Waals surface area contributed by atoms with Crippen molar-refractivity contribution in [1.82, 2.24) is 9.80 Å². The smallest absolute Gasteiger partial charge is 0.237 e. The number of halogens is 1. The Labute approximate surface area is 131 Å². The van der Waals surface area contributed by atoms with Gasteiger partial charge in [-0.3, -0.25) is 9.69 Å². The van der Waals surface area contributed by atoms with Gasteiger partial charge < -0.3 is 4.90 Å². The third-order valence-electron chi connectivity index (χ3n) is 4.55. The van der Waals surface area contributed by atoms with Crippen LogP contribution >= 0.6 is 11.6 Å². The van der Waals surface area contributed by atoms with Crippen molar-refractivity contribution in [1.29, 1.82) is 0 Å². The van der Waals surface area contributed by atoms with E-state index in [0.29, 0.717) is 12.1 Å². The SMILES string of the molecule is O=C(CCl)N1CCC[C@H]1CN(Cc1ccccc1)C1CC1. The van der Waals surface area contributed by atoms with Gasteiger partial charge in [-0.25, -0.2) is 0 Å². The molecule has 1 aromatic carbocycles. The largest absolute Gasteiger partial charge is 0.337 e. The molecule has 2 aliphatic rings. The van der Waals surface area contributed by atoms with Crippen LogP contribution in [0.5, 0.6) is 0 Å². The zero-order valence-electron chi connectivity index (χ0n) is 12.4. The number of alkyl halides is 1. The molecule has 0 aromatic heterocycles. The number of likely N-dealkylation sites (tertiary alicyclic amines) is 1. The molecule has 0 radical (unpaired) electrons. The zero-order chi connectivity index (χ0) is 14.7. The Hall–Kier alpha value is -1.06. The molecular formula is C17H23ClN2O. The second-order valence-electron chi connectivity index (χ2n) is 6.16. The van der Waals surface area contributed by atoms with E-state index in [0.717, 1.165) is 32.5 Å². The Morgan fingerprint density at radius 2 is 2.00 bits per heavy atom. The summed E-state index contributed by atoms with van der Waals surface area (Å²) in [5.41, 5.74) is 1.36. The summed E-state index contributed by atoms with van der Waals surface area (Å²) in [7, 11) is 0. The van der Waals surface area contributed by atoms with Crippen LogP contribution in [0.1, 0.15) is 31.2 Å². The second-order valence-corrected chi connectivity index (χ2v) is 6.43. The van der Waals surface area contributed by atoms with Crippen molar-refractivity contribution in [3.63, 3.8) is 0 Å². The van der Waals surface area contributed by atoms with Crippen LogP contribution in [0.4, 0.5) is 0 Å². The molecule has 3 nitrogen and oxygen atoms in total. The van der Waals surface area contributed by atoms with Crippen LogP contribution in [0.25, 0.3) is 0 Å². The minimum atomic E-state index is 0.0922. The third-order valence-corrected chi connectivity index (χ3v) is 4.78. The number of carbonyl (C=O) groups is 1. The van der Waals surface area contributed by atoms with Crippen molar-refractivity contribution >= 4 is 17.5 Å². The van der Waals surface area contributed by atoms with Gasteiger partial charge in [-0.1, -0.05) is 30.3 Å². The molecule has 4 heteroatoms. The fourth-order valence-electron chi connectivity index (χ4n) is 3.30. The molecule has 1 aromatic rings. The van der Waals surface area contributed by atoms with Crippen LogP contribution in [0, 0.1) is 0 Å². The lowest BCUT2D eigenvalue weighted by Crippen LogP contribution is -2.44. The minimum absolute atomic E-state index is 0.0922. The van der Waals surface area contributed by atoms with Gasteiger partial charge in [0, 0.05) is 31.7 Å². The fourth-order valence-corrected chi connectivity index (χ4v) is 3.46. The lowest BCUT2D eigenvalue weighted by molar-refractivity contribution is -0.129. The molecular weight excluding hydrogens is 284 g/mol. The number of hydrogen-bond donors (Lipinski definition) is 0.